The van der Waals surface area contributed by atoms with E-state index < -0.39 is 0 Å². The van der Waals surface area contributed by atoms with Crippen LogP contribution in [0.2, 0.25) is 0 Å². The maximum absolute atomic E-state index is 3.16. The van der Waals surface area contributed by atoms with Crippen molar-refractivity contribution in [3.05, 3.63) is 41.5 Å². The average Bonchev–Trinajstić information content (AvgIpc) is 2.33. The second-order valence-electron chi connectivity index (χ2n) is 2.22. The van der Waals surface area contributed by atoms with E-state index >= 15 is 0 Å². The quantitative estimate of drug-likeness (QED) is 0.570. The summed E-state index contributed by atoms with van der Waals surface area (Å²) in [5.74, 6) is 0. The summed E-state index contributed by atoms with van der Waals surface area (Å²) in [6.07, 6.45) is 6.21. The molecule has 48 valence electrons. The maximum Gasteiger partial charge on any atom is 0 e. The minimum absolute atomic E-state index is 0. The molecule has 0 N–H and O–H groups in total. The van der Waals surface area contributed by atoms with Gasteiger partial charge >= 0.3 is 0 Å². The normalized spacial score (nSPS) is 12.4. The Bertz CT molecular complexity index is 251. The first kappa shape index (κ1) is 7.94. The van der Waals surface area contributed by atoms with Crippen molar-refractivity contribution < 1.29 is 26.2 Å². The van der Waals surface area contributed by atoms with Crippen molar-refractivity contribution in [1.82, 2.24) is 0 Å². The van der Waals surface area contributed by atoms with Crippen LogP contribution in [0.25, 0.3) is 6.08 Å². The van der Waals surface area contributed by atoms with Gasteiger partial charge in [0.15, 0.2) is 0 Å². The molecule has 0 aliphatic heterocycles. The number of benzene rings is 1. The maximum atomic E-state index is 3.16. The molecule has 0 radical (unpaired) electrons. The summed E-state index contributed by atoms with van der Waals surface area (Å²) in [4.78, 5) is 0. The van der Waals surface area contributed by atoms with E-state index in [1.165, 1.54) is 11.1 Å². The SMILES string of the molecule is [C-]1=Cc2ccccc2C1.[Zr]. The van der Waals surface area contributed by atoms with Gasteiger partial charge in [0.05, 0.1) is 0 Å². The molecule has 0 bridgehead atoms. The van der Waals surface area contributed by atoms with Crippen LogP contribution >= 0.6 is 0 Å². The summed E-state index contributed by atoms with van der Waals surface area (Å²) >= 11 is 0. The number of fused-ring (bicyclic) bond motifs is 1. The van der Waals surface area contributed by atoms with Crippen LogP contribution in [0.3, 0.4) is 0 Å². The van der Waals surface area contributed by atoms with Crippen molar-refractivity contribution in [1.29, 1.82) is 0 Å². The molecule has 0 spiro atoms. The van der Waals surface area contributed by atoms with E-state index in [4.69, 9.17) is 0 Å². The van der Waals surface area contributed by atoms with Crippen molar-refractivity contribution in [2.45, 2.75) is 6.42 Å². The fraction of sp³-hybridized carbons (Fsp3) is 0.111. The molecule has 0 amide bonds. The number of allylic oxidation sites excluding steroid dienone is 1. The molecule has 1 aliphatic carbocycles. The third-order valence-electron chi connectivity index (χ3n) is 1.61. The molecule has 0 aromatic heterocycles. The zero-order valence-electron chi connectivity index (χ0n) is 5.59. The topological polar surface area (TPSA) is 0 Å². The summed E-state index contributed by atoms with van der Waals surface area (Å²) in [6.45, 7) is 0. The molecule has 0 nitrogen and oxygen atoms in total. The molecule has 0 heterocycles. The number of hydrogen-bond acceptors (Lipinski definition) is 0. The van der Waals surface area contributed by atoms with Crippen molar-refractivity contribution >= 4 is 6.08 Å². The van der Waals surface area contributed by atoms with E-state index in [1.54, 1.807) is 0 Å². The molecular formula is C9H7Zr-. The van der Waals surface area contributed by atoms with E-state index in [0.29, 0.717) is 0 Å². The molecule has 1 aromatic carbocycles. The minimum Gasteiger partial charge on any atom is -0.272 e. The second-order valence-corrected chi connectivity index (χ2v) is 2.22. The zero-order valence-corrected chi connectivity index (χ0v) is 8.05. The fourth-order valence-electron chi connectivity index (χ4n) is 1.11. The van der Waals surface area contributed by atoms with Crippen LogP contribution in [-0.2, 0) is 32.6 Å². The van der Waals surface area contributed by atoms with Gasteiger partial charge in [0.2, 0.25) is 0 Å². The third-order valence-corrected chi connectivity index (χ3v) is 1.61. The van der Waals surface area contributed by atoms with Crippen LogP contribution in [0.5, 0.6) is 0 Å². The van der Waals surface area contributed by atoms with Crippen LogP contribution in [0.15, 0.2) is 24.3 Å². The second kappa shape index (κ2) is 3.30. The van der Waals surface area contributed by atoms with Gasteiger partial charge in [-0.15, -0.1) is 18.1 Å². The molecule has 10 heavy (non-hydrogen) atoms. The van der Waals surface area contributed by atoms with E-state index in [9.17, 15) is 0 Å². The molecule has 0 fully saturated rings. The van der Waals surface area contributed by atoms with Crippen LogP contribution < -0.4 is 0 Å². The van der Waals surface area contributed by atoms with Crippen LogP contribution in [0, 0.1) is 6.08 Å². The third kappa shape index (κ3) is 1.29. The summed E-state index contributed by atoms with van der Waals surface area (Å²) in [5.41, 5.74) is 2.73. The number of hydrogen-bond donors (Lipinski definition) is 0. The first-order chi connectivity index (χ1) is 4.47. The van der Waals surface area contributed by atoms with Gasteiger partial charge in [-0.2, -0.15) is 5.56 Å². The molecular weight excluding hydrogens is 199 g/mol. The summed E-state index contributed by atoms with van der Waals surface area (Å²) in [7, 11) is 0. The predicted octanol–water partition coefficient (Wildman–Crippen LogP) is 2.06. The Kier molecular flexibility index (Phi) is 2.62. The molecule has 1 aliphatic rings. The van der Waals surface area contributed by atoms with E-state index in [2.05, 4.69) is 36.4 Å². The smallest absolute Gasteiger partial charge is 0 e. The van der Waals surface area contributed by atoms with Crippen molar-refractivity contribution in [2.75, 3.05) is 0 Å². The van der Waals surface area contributed by atoms with Crippen molar-refractivity contribution in [2.24, 2.45) is 0 Å². The molecule has 0 unspecified atom stereocenters. The Morgan fingerprint density at radius 1 is 1.20 bits per heavy atom. The Balaban J connectivity index is 0.000000500. The van der Waals surface area contributed by atoms with Gasteiger partial charge < -0.3 is 0 Å². The van der Waals surface area contributed by atoms with Crippen molar-refractivity contribution in [3.8, 4) is 0 Å². The molecule has 0 saturated carbocycles. The zero-order chi connectivity index (χ0) is 6.10. The van der Waals surface area contributed by atoms with Gasteiger partial charge in [0.1, 0.15) is 0 Å². The van der Waals surface area contributed by atoms with Gasteiger partial charge in [-0.3, -0.25) is 6.08 Å². The largest absolute Gasteiger partial charge is 0.272 e. The molecule has 0 atom stereocenters. The van der Waals surface area contributed by atoms with Gasteiger partial charge in [-0.1, -0.05) is 18.2 Å². The van der Waals surface area contributed by atoms with Gasteiger partial charge in [0.25, 0.3) is 0 Å². The standard InChI is InChI=1S/C9H7.Zr/c1-2-5-9-7-3-6-8(9)4-1;/h1-2,4-6H,7H2;/q-1;. The Hall–Kier alpha value is -0.157. The van der Waals surface area contributed by atoms with Gasteiger partial charge in [-0.25, -0.2) is 6.08 Å². The number of rotatable bonds is 0. The van der Waals surface area contributed by atoms with Gasteiger partial charge in [-0.05, 0) is 0 Å². The molecule has 1 heteroatoms. The van der Waals surface area contributed by atoms with Gasteiger partial charge in [0, 0.05) is 26.2 Å². The Labute approximate surface area is 80.1 Å². The van der Waals surface area contributed by atoms with Crippen LogP contribution in [-0.4, -0.2) is 0 Å². The minimum atomic E-state index is 0. The summed E-state index contributed by atoms with van der Waals surface area (Å²) < 4.78 is 0. The van der Waals surface area contributed by atoms with E-state index in [0.717, 1.165) is 6.42 Å². The first-order valence-corrected chi connectivity index (χ1v) is 3.11. The Morgan fingerprint density at radius 3 is 2.80 bits per heavy atom. The molecule has 0 saturated heterocycles. The monoisotopic (exact) mass is 205 g/mol. The first-order valence-electron chi connectivity index (χ1n) is 3.11. The van der Waals surface area contributed by atoms with E-state index in [1.807, 2.05) is 0 Å². The molecule has 2 rings (SSSR count). The summed E-state index contributed by atoms with van der Waals surface area (Å²) in [6, 6.07) is 8.39. The van der Waals surface area contributed by atoms with Crippen LogP contribution in [0.1, 0.15) is 11.1 Å². The summed E-state index contributed by atoms with van der Waals surface area (Å²) in [5, 5.41) is 0. The molecule has 1 aromatic rings. The predicted molar refractivity (Wildman–Crippen MR) is 37.9 cm³/mol. The van der Waals surface area contributed by atoms with E-state index in [-0.39, 0.29) is 26.2 Å². The fourth-order valence-corrected chi connectivity index (χ4v) is 1.11. The van der Waals surface area contributed by atoms with Crippen molar-refractivity contribution in [3.63, 3.8) is 0 Å². The average molecular weight is 206 g/mol. The Morgan fingerprint density at radius 2 is 2.00 bits per heavy atom. The van der Waals surface area contributed by atoms with Crippen LogP contribution in [0.4, 0.5) is 0 Å².